The fourth-order valence-corrected chi connectivity index (χ4v) is 2.61. The molecule has 0 bridgehead atoms. The summed E-state index contributed by atoms with van der Waals surface area (Å²) in [5.74, 6) is 6.56. The molecule has 8 heteroatoms. The summed E-state index contributed by atoms with van der Waals surface area (Å²) in [7, 11) is 1.65. The van der Waals surface area contributed by atoms with Crippen LogP contribution in [0.3, 0.4) is 0 Å². The minimum absolute atomic E-state index is 0.405. The van der Waals surface area contributed by atoms with Crippen LogP contribution in [0.2, 0.25) is 0 Å². The van der Waals surface area contributed by atoms with E-state index in [1.807, 2.05) is 6.92 Å². The van der Waals surface area contributed by atoms with Crippen molar-refractivity contribution in [3.63, 3.8) is 0 Å². The second-order valence-electron chi connectivity index (χ2n) is 4.15. The summed E-state index contributed by atoms with van der Waals surface area (Å²) in [4.78, 5) is 10.8. The first kappa shape index (κ1) is 14.9. The van der Waals surface area contributed by atoms with Crippen molar-refractivity contribution in [1.82, 2.24) is 9.97 Å². The Morgan fingerprint density at radius 3 is 2.90 bits per heavy atom. The van der Waals surface area contributed by atoms with Crippen molar-refractivity contribution < 1.29 is 9.47 Å². The molecule has 0 aliphatic rings. The summed E-state index contributed by atoms with van der Waals surface area (Å²) in [6, 6.07) is 2.06. The molecule has 4 N–H and O–H groups in total. The van der Waals surface area contributed by atoms with E-state index in [0.29, 0.717) is 32.3 Å². The van der Waals surface area contributed by atoms with Crippen LogP contribution in [0.5, 0.6) is 0 Å². The van der Waals surface area contributed by atoms with Gasteiger partial charge in [0.15, 0.2) is 0 Å². The van der Waals surface area contributed by atoms with Crippen molar-refractivity contribution >= 4 is 33.3 Å². The van der Waals surface area contributed by atoms with Crippen LogP contribution in [0.1, 0.15) is 4.88 Å². The highest BCUT2D eigenvalue weighted by molar-refractivity contribution is 7.18. The molecule has 2 heterocycles. The molecule has 0 aromatic carbocycles. The molecule has 2 aromatic rings. The first-order valence-corrected chi connectivity index (χ1v) is 7.11. The summed E-state index contributed by atoms with van der Waals surface area (Å²) in [6.07, 6.45) is 0. The highest BCUT2D eigenvalue weighted by Crippen LogP contribution is 2.29. The van der Waals surface area contributed by atoms with E-state index in [4.69, 9.17) is 15.3 Å². The number of nitrogens with two attached hydrogens (primary N) is 1. The van der Waals surface area contributed by atoms with Crippen molar-refractivity contribution in [2.24, 2.45) is 5.84 Å². The van der Waals surface area contributed by atoms with Gasteiger partial charge in [-0.2, -0.15) is 4.98 Å². The van der Waals surface area contributed by atoms with Gasteiger partial charge in [-0.05, 0) is 13.0 Å². The topological polar surface area (TPSA) is 94.3 Å². The van der Waals surface area contributed by atoms with Crippen LogP contribution in [0.15, 0.2) is 6.07 Å². The van der Waals surface area contributed by atoms with E-state index in [0.717, 1.165) is 16.0 Å². The van der Waals surface area contributed by atoms with Gasteiger partial charge in [-0.1, -0.05) is 0 Å². The molecule has 0 unspecified atom stereocenters. The number of methoxy groups -OCH3 is 1. The number of aromatic nitrogens is 2. The van der Waals surface area contributed by atoms with Gasteiger partial charge in [0.2, 0.25) is 5.95 Å². The first-order valence-electron chi connectivity index (χ1n) is 6.30. The van der Waals surface area contributed by atoms with E-state index in [9.17, 15) is 0 Å². The largest absolute Gasteiger partial charge is 0.382 e. The number of anilines is 2. The van der Waals surface area contributed by atoms with E-state index in [2.05, 4.69) is 26.8 Å². The smallest absolute Gasteiger partial charge is 0.240 e. The normalized spacial score (nSPS) is 10.9. The number of nitrogens with zero attached hydrogens (tertiary/aromatic N) is 2. The summed E-state index contributed by atoms with van der Waals surface area (Å²) in [6.45, 7) is 4.48. The van der Waals surface area contributed by atoms with Gasteiger partial charge in [-0.25, -0.2) is 10.8 Å². The van der Waals surface area contributed by atoms with E-state index in [1.54, 1.807) is 18.4 Å². The zero-order valence-electron chi connectivity index (χ0n) is 11.6. The number of nitrogens with one attached hydrogen (secondary N) is 2. The highest BCUT2D eigenvalue weighted by Gasteiger charge is 2.09. The highest BCUT2D eigenvalue weighted by atomic mass is 32.1. The van der Waals surface area contributed by atoms with Crippen molar-refractivity contribution in [2.75, 3.05) is 44.2 Å². The molecule has 2 rings (SSSR count). The molecule has 0 atom stereocenters. The average molecular weight is 297 g/mol. The molecule has 0 amide bonds. The van der Waals surface area contributed by atoms with Crippen LogP contribution in [0.4, 0.5) is 11.8 Å². The molecule has 0 aliphatic heterocycles. The summed E-state index contributed by atoms with van der Waals surface area (Å²) >= 11 is 1.61. The average Bonchev–Trinajstić information content (AvgIpc) is 2.82. The number of rotatable bonds is 8. The first-order chi connectivity index (χ1) is 9.74. The second-order valence-corrected chi connectivity index (χ2v) is 5.38. The predicted octanol–water partition coefficient (Wildman–Crippen LogP) is 1.36. The van der Waals surface area contributed by atoms with Gasteiger partial charge in [0.05, 0.1) is 25.2 Å². The minimum atomic E-state index is 0.405. The molecular weight excluding hydrogens is 278 g/mol. The van der Waals surface area contributed by atoms with Crippen molar-refractivity contribution in [3.8, 4) is 0 Å². The lowest BCUT2D eigenvalue weighted by Gasteiger charge is -2.08. The lowest BCUT2D eigenvalue weighted by molar-refractivity contribution is 0.0759. The molecule has 0 radical (unpaired) electrons. The van der Waals surface area contributed by atoms with Crippen LogP contribution in [-0.4, -0.2) is 43.4 Å². The molecule has 0 fully saturated rings. The fourth-order valence-electron chi connectivity index (χ4n) is 1.73. The molecule has 20 heavy (non-hydrogen) atoms. The molecule has 110 valence electrons. The van der Waals surface area contributed by atoms with E-state index < -0.39 is 0 Å². The van der Waals surface area contributed by atoms with Gasteiger partial charge in [-0.15, -0.1) is 11.3 Å². The Morgan fingerprint density at radius 2 is 2.15 bits per heavy atom. The number of nitrogen functional groups attached to an aromatic ring is 1. The zero-order valence-corrected chi connectivity index (χ0v) is 12.4. The summed E-state index contributed by atoms with van der Waals surface area (Å²) < 4.78 is 10.3. The van der Waals surface area contributed by atoms with E-state index in [1.165, 1.54) is 4.88 Å². The van der Waals surface area contributed by atoms with Crippen molar-refractivity contribution in [1.29, 1.82) is 0 Å². The Kier molecular flexibility index (Phi) is 5.48. The van der Waals surface area contributed by atoms with Crippen LogP contribution in [0.25, 0.3) is 10.2 Å². The molecule has 0 aliphatic carbocycles. The molecule has 0 spiro atoms. The van der Waals surface area contributed by atoms with Gasteiger partial charge < -0.3 is 14.8 Å². The number of hydrogen-bond donors (Lipinski definition) is 3. The van der Waals surface area contributed by atoms with E-state index in [-0.39, 0.29) is 0 Å². The van der Waals surface area contributed by atoms with Gasteiger partial charge in [-0.3, -0.25) is 5.43 Å². The third-order valence-electron chi connectivity index (χ3n) is 2.62. The zero-order chi connectivity index (χ0) is 14.4. The van der Waals surface area contributed by atoms with Crippen LogP contribution >= 0.6 is 11.3 Å². The number of ether oxygens (including phenoxy) is 2. The SMILES string of the molecule is COCCOCCNc1nc(NN)nc2sc(C)cc12. The predicted molar refractivity (Wildman–Crippen MR) is 81.1 cm³/mol. The minimum Gasteiger partial charge on any atom is -0.382 e. The Labute approximate surface area is 121 Å². The van der Waals surface area contributed by atoms with Gasteiger partial charge in [0.25, 0.3) is 0 Å². The Balaban J connectivity index is 2.00. The molecule has 0 saturated heterocycles. The van der Waals surface area contributed by atoms with Crippen molar-refractivity contribution in [3.05, 3.63) is 10.9 Å². The molecular formula is C12H19N5O2S. The lowest BCUT2D eigenvalue weighted by Crippen LogP contribution is -2.15. The summed E-state index contributed by atoms with van der Waals surface area (Å²) in [5.41, 5.74) is 2.48. The maximum absolute atomic E-state index is 5.40. The van der Waals surface area contributed by atoms with Gasteiger partial charge >= 0.3 is 0 Å². The maximum Gasteiger partial charge on any atom is 0.240 e. The number of aryl methyl sites for hydroxylation is 1. The van der Waals surface area contributed by atoms with Crippen LogP contribution in [0, 0.1) is 6.92 Å². The quantitative estimate of drug-likeness (QED) is 0.385. The molecule has 7 nitrogen and oxygen atoms in total. The standard InChI is InChI=1S/C12H19N5O2S/c1-8-7-9-10(14-3-4-19-6-5-18-2)15-12(17-13)16-11(9)20-8/h7H,3-6,13H2,1-2H3,(H2,14,15,16,17). The number of fused-ring (bicyclic) bond motifs is 1. The monoisotopic (exact) mass is 297 g/mol. The third-order valence-corrected chi connectivity index (χ3v) is 3.56. The second kappa shape index (κ2) is 7.34. The summed E-state index contributed by atoms with van der Waals surface area (Å²) in [5, 5.41) is 4.25. The van der Waals surface area contributed by atoms with Crippen LogP contribution in [-0.2, 0) is 9.47 Å². The van der Waals surface area contributed by atoms with Gasteiger partial charge in [0, 0.05) is 18.5 Å². The van der Waals surface area contributed by atoms with Gasteiger partial charge in [0.1, 0.15) is 10.6 Å². The van der Waals surface area contributed by atoms with Crippen LogP contribution < -0.4 is 16.6 Å². The lowest BCUT2D eigenvalue weighted by atomic mass is 10.3. The molecule has 0 saturated carbocycles. The maximum atomic E-state index is 5.40. The third kappa shape index (κ3) is 3.76. The Hall–Kier alpha value is -1.48. The molecule has 2 aromatic heterocycles. The van der Waals surface area contributed by atoms with E-state index >= 15 is 0 Å². The fraction of sp³-hybridized carbons (Fsp3) is 0.500. The number of thiophene rings is 1. The number of hydrazine groups is 1. The van der Waals surface area contributed by atoms with Crippen molar-refractivity contribution in [2.45, 2.75) is 6.92 Å². The number of hydrogen-bond acceptors (Lipinski definition) is 8. The Bertz CT molecular complexity index is 560. The Morgan fingerprint density at radius 1 is 1.30 bits per heavy atom.